The van der Waals surface area contributed by atoms with E-state index in [1.54, 1.807) is 29.3 Å². The molecule has 2 N–H and O–H groups in total. The number of carbonyl (C=O) groups is 2. The zero-order chi connectivity index (χ0) is 17.5. The molecule has 0 saturated carbocycles. The first-order chi connectivity index (χ1) is 11.5. The molecule has 1 heterocycles. The Morgan fingerprint density at radius 1 is 1.29 bits per heavy atom. The van der Waals surface area contributed by atoms with E-state index in [4.69, 9.17) is 4.74 Å². The second kappa shape index (κ2) is 8.75. The number of aryl methyl sites for hydroxylation is 1. The van der Waals surface area contributed by atoms with E-state index in [1.807, 2.05) is 32.0 Å². The van der Waals surface area contributed by atoms with Crippen LogP contribution in [0.5, 0.6) is 0 Å². The first kappa shape index (κ1) is 18.4. The van der Waals surface area contributed by atoms with Crippen molar-refractivity contribution in [3.8, 4) is 0 Å². The number of benzene rings is 1. The van der Waals surface area contributed by atoms with Gasteiger partial charge in [0.1, 0.15) is 0 Å². The third-order valence-corrected chi connectivity index (χ3v) is 4.25. The fraction of sp³-hybridized carbons (Fsp3) is 0.412. The Bertz CT molecular complexity index is 644. The number of hydrogen-bond acceptors (Lipinski definition) is 5. The molecule has 1 aliphatic rings. The molecule has 0 aromatic heterocycles. The van der Waals surface area contributed by atoms with E-state index in [1.165, 1.54) is 0 Å². The van der Waals surface area contributed by atoms with Gasteiger partial charge in [-0.3, -0.25) is 9.59 Å². The van der Waals surface area contributed by atoms with E-state index in [2.05, 4.69) is 10.6 Å². The van der Waals surface area contributed by atoms with Crippen LogP contribution in [0.4, 0.5) is 5.69 Å². The molecule has 0 unspecified atom stereocenters. The van der Waals surface area contributed by atoms with E-state index in [0.717, 1.165) is 17.9 Å². The number of hydrogen-bond donors (Lipinski definition) is 2. The monoisotopic (exact) mass is 349 g/mol. The van der Waals surface area contributed by atoms with Gasteiger partial charge in [-0.05, 0) is 38.7 Å². The van der Waals surface area contributed by atoms with E-state index in [0.29, 0.717) is 30.2 Å². The van der Waals surface area contributed by atoms with E-state index in [9.17, 15) is 9.59 Å². The Morgan fingerprint density at radius 3 is 2.75 bits per heavy atom. The van der Waals surface area contributed by atoms with Crippen LogP contribution < -0.4 is 10.6 Å². The van der Waals surface area contributed by atoms with Crippen molar-refractivity contribution in [2.24, 2.45) is 0 Å². The summed E-state index contributed by atoms with van der Waals surface area (Å²) in [5, 5.41) is 7.39. The zero-order valence-corrected chi connectivity index (χ0v) is 15.0. The van der Waals surface area contributed by atoms with Crippen molar-refractivity contribution in [3.05, 3.63) is 40.5 Å². The Hall–Kier alpha value is -1.99. The normalized spacial score (nSPS) is 13.9. The van der Waals surface area contributed by atoms with Crippen LogP contribution in [0.15, 0.2) is 29.4 Å². The van der Waals surface area contributed by atoms with Crippen LogP contribution in [0.3, 0.4) is 0 Å². The number of carbonyl (C=O) groups excluding carboxylic acids is 2. The summed E-state index contributed by atoms with van der Waals surface area (Å²) in [6.07, 6.45) is 0. The number of amides is 2. The van der Waals surface area contributed by atoms with Gasteiger partial charge in [0.2, 0.25) is 0 Å². The minimum absolute atomic E-state index is 0.156. The highest BCUT2D eigenvalue weighted by Crippen LogP contribution is 2.20. The van der Waals surface area contributed by atoms with Crippen LogP contribution in [0, 0.1) is 6.92 Å². The summed E-state index contributed by atoms with van der Waals surface area (Å²) >= 11 is 1.55. The van der Waals surface area contributed by atoms with Crippen molar-refractivity contribution in [3.63, 3.8) is 0 Å². The predicted octanol–water partition coefficient (Wildman–Crippen LogP) is 1.83. The van der Waals surface area contributed by atoms with Crippen LogP contribution in [-0.4, -0.2) is 56.3 Å². The summed E-state index contributed by atoms with van der Waals surface area (Å²) in [4.78, 5) is 26.4. The summed E-state index contributed by atoms with van der Waals surface area (Å²) in [5.41, 5.74) is 2.01. The molecule has 1 aliphatic heterocycles. The lowest BCUT2D eigenvalue weighted by Gasteiger charge is -2.16. The summed E-state index contributed by atoms with van der Waals surface area (Å²) < 4.78 is 5.35. The van der Waals surface area contributed by atoms with Gasteiger partial charge < -0.3 is 20.3 Å². The fourth-order valence-electron chi connectivity index (χ4n) is 2.06. The van der Waals surface area contributed by atoms with Crippen molar-refractivity contribution in [1.82, 2.24) is 10.2 Å². The van der Waals surface area contributed by atoms with Gasteiger partial charge in [0.25, 0.3) is 11.8 Å². The number of thioether (sulfide) groups is 1. The highest BCUT2D eigenvalue weighted by atomic mass is 32.2. The van der Waals surface area contributed by atoms with E-state index < -0.39 is 0 Å². The smallest absolute Gasteiger partial charge is 0.291 e. The third-order valence-electron chi connectivity index (χ3n) is 3.47. The average molecular weight is 349 g/mol. The molecular formula is C17H23N3O3S. The number of rotatable bonds is 6. The van der Waals surface area contributed by atoms with Gasteiger partial charge in [-0.2, -0.15) is 0 Å². The Labute approximate surface area is 146 Å². The lowest BCUT2D eigenvalue weighted by Crippen LogP contribution is -2.31. The molecule has 0 bridgehead atoms. The highest BCUT2D eigenvalue weighted by molar-refractivity contribution is 8.02. The molecule has 2 amide bonds. The Morgan fingerprint density at radius 2 is 2.08 bits per heavy atom. The van der Waals surface area contributed by atoms with E-state index in [-0.39, 0.29) is 11.8 Å². The second-order valence-electron chi connectivity index (χ2n) is 5.74. The van der Waals surface area contributed by atoms with Crippen LogP contribution in [0.2, 0.25) is 0 Å². The lowest BCUT2D eigenvalue weighted by atomic mass is 10.1. The van der Waals surface area contributed by atoms with Gasteiger partial charge in [-0.1, -0.05) is 6.07 Å². The van der Waals surface area contributed by atoms with Crippen LogP contribution >= 0.6 is 11.8 Å². The van der Waals surface area contributed by atoms with Crippen molar-refractivity contribution in [2.75, 3.05) is 44.9 Å². The molecule has 24 heavy (non-hydrogen) atoms. The SMILES string of the molecule is Cc1ccc(C(=O)NCCN(C)C)cc1NC(=O)C1=CSCCO1. The zero-order valence-electron chi connectivity index (χ0n) is 14.2. The number of ether oxygens (including phenoxy) is 1. The predicted molar refractivity (Wildman–Crippen MR) is 97.2 cm³/mol. The molecule has 0 aliphatic carbocycles. The molecule has 0 radical (unpaired) electrons. The Kier molecular flexibility index (Phi) is 6.69. The minimum Gasteiger partial charge on any atom is -0.487 e. The standard InChI is InChI=1S/C17H23N3O3S/c1-12-4-5-13(16(21)18-6-7-20(2)3)10-14(12)19-17(22)15-11-24-9-8-23-15/h4-5,10-11H,6-9H2,1-3H3,(H,18,21)(H,19,22). The molecule has 6 nitrogen and oxygen atoms in total. The van der Waals surface area contributed by atoms with Crippen LogP contribution in [0.25, 0.3) is 0 Å². The van der Waals surface area contributed by atoms with Gasteiger partial charge in [0.15, 0.2) is 5.76 Å². The average Bonchev–Trinajstić information content (AvgIpc) is 2.57. The lowest BCUT2D eigenvalue weighted by molar-refractivity contribution is -0.116. The summed E-state index contributed by atoms with van der Waals surface area (Å²) in [6.45, 7) is 3.75. The van der Waals surface area contributed by atoms with Gasteiger partial charge in [-0.15, -0.1) is 11.8 Å². The molecule has 0 saturated heterocycles. The van der Waals surface area contributed by atoms with Gasteiger partial charge in [-0.25, -0.2) is 0 Å². The van der Waals surface area contributed by atoms with Crippen molar-refractivity contribution in [2.45, 2.75) is 6.92 Å². The maximum absolute atomic E-state index is 12.2. The highest BCUT2D eigenvalue weighted by Gasteiger charge is 2.16. The second-order valence-corrected chi connectivity index (χ2v) is 6.72. The molecule has 130 valence electrons. The molecule has 1 aromatic rings. The topological polar surface area (TPSA) is 70.7 Å². The molecule has 0 spiro atoms. The summed E-state index contributed by atoms with van der Waals surface area (Å²) in [5.74, 6) is 0.705. The van der Waals surface area contributed by atoms with E-state index >= 15 is 0 Å². The maximum Gasteiger partial charge on any atom is 0.291 e. The maximum atomic E-state index is 12.2. The molecule has 1 aromatic carbocycles. The molecule has 2 rings (SSSR count). The van der Waals surface area contributed by atoms with Crippen molar-refractivity contribution >= 4 is 29.3 Å². The number of anilines is 1. The molecule has 0 atom stereocenters. The largest absolute Gasteiger partial charge is 0.487 e. The van der Waals surface area contributed by atoms with Crippen molar-refractivity contribution < 1.29 is 14.3 Å². The quantitative estimate of drug-likeness (QED) is 0.820. The van der Waals surface area contributed by atoms with Gasteiger partial charge >= 0.3 is 0 Å². The third kappa shape index (κ3) is 5.28. The molecule has 7 heteroatoms. The van der Waals surface area contributed by atoms with Gasteiger partial charge in [0, 0.05) is 35.5 Å². The minimum atomic E-state index is -0.296. The fourth-order valence-corrected chi connectivity index (χ4v) is 2.69. The van der Waals surface area contributed by atoms with Gasteiger partial charge in [0.05, 0.1) is 6.61 Å². The molecular weight excluding hydrogens is 326 g/mol. The number of nitrogens with one attached hydrogen (secondary N) is 2. The first-order valence-electron chi connectivity index (χ1n) is 7.77. The summed E-state index contributed by atoms with van der Waals surface area (Å²) in [6, 6.07) is 5.26. The first-order valence-corrected chi connectivity index (χ1v) is 8.82. The molecule has 0 fully saturated rings. The van der Waals surface area contributed by atoms with Crippen LogP contribution in [0.1, 0.15) is 15.9 Å². The summed E-state index contributed by atoms with van der Waals surface area (Å²) in [7, 11) is 3.90. The van der Waals surface area contributed by atoms with Crippen LogP contribution in [-0.2, 0) is 9.53 Å². The number of nitrogens with zero attached hydrogens (tertiary/aromatic N) is 1. The number of likely N-dealkylation sites (N-methyl/N-ethyl adjacent to an activating group) is 1. The van der Waals surface area contributed by atoms with Crippen molar-refractivity contribution in [1.29, 1.82) is 0 Å². The Balaban J connectivity index is 2.03.